The van der Waals surface area contributed by atoms with Gasteiger partial charge in [0.05, 0.1) is 23.6 Å². The number of ether oxygens (including phenoxy) is 1. The molecule has 0 aromatic carbocycles. The van der Waals surface area contributed by atoms with Gasteiger partial charge in [0, 0.05) is 37.6 Å². The lowest BCUT2D eigenvalue weighted by Crippen LogP contribution is -2.49. The number of morpholine rings is 1. The van der Waals surface area contributed by atoms with E-state index >= 15 is 0 Å². The first-order chi connectivity index (χ1) is 12.0. The average molecular weight is 388 g/mol. The molecule has 0 radical (unpaired) electrons. The van der Waals surface area contributed by atoms with Crippen molar-refractivity contribution in [1.29, 1.82) is 0 Å². The van der Waals surface area contributed by atoms with E-state index in [1.807, 2.05) is 12.1 Å². The Labute approximate surface area is 160 Å². The van der Waals surface area contributed by atoms with Crippen LogP contribution in [0.15, 0.2) is 12.1 Å². The Morgan fingerprint density at radius 3 is 2.96 bits per heavy atom. The summed E-state index contributed by atoms with van der Waals surface area (Å²) in [5.41, 5.74) is 0. The molecule has 1 unspecified atom stereocenters. The van der Waals surface area contributed by atoms with E-state index in [9.17, 15) is 4.79 Å². The second-order valence-corrected chi connectivity index (χ2v) is 8.76. The van der Waals surface area contributed by atoms with Gasteiger partial charge in [0.1, 0.15) is 0 Å². The maximum atomic E-state index is 12.3. The van der Waals surface area contributed by atoms with Gasteiger partial charge < -0.3 is 10.1 Å². The van der Waals surface area contributed by atoms with Gasteiger partial charge in [0.15, 0.2) is 0 Å². The molecule has 0 bridgehead atoms. The largest absolute Gasteiger partial charge is 0.374 e. The minimum absolute atomic E-state index is 0.0501. The predicted molar refractivity (Wildman–Crippen MR) is 104 cm³/mol. The summed E-state index contributed by atoms with van der Waals surface area (Å²) in [4.78, 5) is 18.0. The van der Waals surface area contributed by atoms with Crippen molar-refractivity contribution in [3.8, 4) is 0 Å². The Bertz CT molecular complexity index is 538. The molecule has 1 atom stereocenters. The van der Waals surface area contributed by atoms with Crippen LogP contribution in [0.2, 0.25) is 4.34 Å². The molecule has 1 amide bonds. The first kappa shape index (κ1) is 20.6. The number of nitrogens with zero attached hydrogens (tertiary/aromatic N) is 2. The van der Waals surface area contributed by atoms with Gasteiger partial charge in [0.25, 0.3) is 0 Å². The quantitative estimate of drug-likeness (QED) is 0.707. The van der Waals surface area contributed by atoms with Crippen LogP contribution in [0, 0.1) is 5.92 Å². The molecule has 142 valence electrons. The third-order valence-corrected chi connectivity index (χ3v) is 5.41. The standard InChI is InChI=1S/C18H30ClN3O2S/c1-4-21(12-16-5-6-17(19)25-16)13-18(23)20-9-15-11-22(7-8-24-15)10-14(2)3/h5-6,14-15H,4,7-13H2,1-3H3,(H,20,23). The van der Waals surface area contributed by atoms with E-state index in [2.05, 4.69) is 35.9 Å². The average Bonchev–Trinajstić information content (AvgIpc) is 2.97. The van der Waals surface area contributed by atoms with Crippen molar-refractivity contribution in [1.82, 2.24) is 15.1 Å². The second kappa shape index (κ2) is 10.5. The monoisotopic (exact) mass is 387 g/mol. The van der Waals surface area contributed by atoms with Crippen LogP contribution in [0.5, 0.6) is 0 Å². The maximum Gasteiger partial charge on any atom is 0.234 e. The molecule has 0 aliphatic carbocycles. The van der Waals surface area contributed by atoms with Gasteiger partial charge in [-0.05, 0) is 24.6 Å². The Hall–Kier alpha value is -0.660. The van der Waals surface area contributed by atoms with E-state index in [1.165, 1.54) is 4.88 Å². The highest BCUT2D eigenvalue weighted by Crippen LogP contribution is 2.22. The third kappa shape index (κ3) is 7.62. The minimum atomic E-state index is 0.0501. The SMILES string of the molecule is CCN(CC(=O)NCC1CN(CC(C)C)CCO1)Cc1ccc(Cl)s1. The van der Waals surface area contributed by atoms with Crippen molar-refractivity contribution in [2.24, 2.45) is 5.92 Å². The molecule has 0 spiro atoms. The second-order valence-electron chi connectivity index (χ2n) is 6.96. The number of rotatable bonds is 9. The number of carbonyl (C=O) groups excluding carboxylic acids is 1. The van der Waals surface area contributed by atoms with E-state index in [0.29, 0.717) is 19.0 Å². The van der Waals surface area contributed by atoms with Crippen LogP contribution >= 0.6 is 22.9 Å². The summed E-state index contributed by atoms with van der Waals surface area (Å²) in [6, 6.07) is 3.92. The molecule has 2 heterocycles. The molecule has 5 nitrogen and oxygen atoms in total. The highest BCUT2D eigenvalue weighted by atomic mass is 35.5. The Morgan fingerprint density at radius 2 is 2.32 bits per heavy atom. The maximum absolute atomic E-state index is 12.3. The van der Waals surface area contributed by atoms with Crippen LogP contribution in [0.1, 0.15) is 25.6 Å². The minimum Gasteiger partial charge on any atom is -0.374 e. The Balaban J connectivity index is 1.71. The molecule has 1 fully saturated rings. The summed E-state index contributed by atoms with van der Waals surface area (Å²) in [5.74, 6) is 0.700. The number of hydrogen-bond acceptors (Lipinski definition) is 5. The van der Waals surface area contributed by atoms with Gasteiger partial charge >= 0.3 is 0 Å². The zero-order valence-electron chi connectivity index (χ0n) is 15.5. The molecular formula is C18H30ClN3O2S. The topological polar surface area (TPSA) is 44.8 Å². The van der Waals surface area contributed by atoms with Gasteiger partial charge in [0.2, 0.25) is 5.91 Å². The highest BCUT2D eigenvalue weighted by molar-refractivity contribution is 7.16. The first-order valence-electron chi connectivity index (χ1n) is 9.03. The van der Waals surface area contributed by atoms with E-state index in [-0.39, 0.29) is 12.0 Å². The number of hydrogen-bond donors (Lipinski definition) is 1. The molecular weight excluding hydrogens is 358 g/mol. The van der Waals surface area contributed by atoms with Crippen molar-refractivity contribution in [2.45, 2.75) is 33.4 Å². The number of likely N-dealkylation sites (N-methyl/N-ethyl adjacent to an activating group) is 1. The summed E-state index contributed by atoms with van der Waals surface area (Å²) in [7, 11) is 0. The van der Waals surface area contributed by atoms with Crippen LogP contribution in [0.25, 0.3) is 0 Å². The smallest absolute Gasteiger partial charge is 0.234 e. The zero-order valence-corrected chi connectivity index (χ0v) is 17.0. The van der Waals surface area contributed by atoms with E-state index in [4.69, 9.17) is 16.3 Å². The van der Waals surface area contributed by atoms with Crippen LogP contribution in [-0.4, -0.2) is 67.7 Å². The summed E-state index contributed by atoms with van der Waals surface area (Å²) in [6.45, 7) is 12.8. The molecule has 0 saturated carbocycles. The van der Waals surface area contributed by atoms with E-state index in [0.717, 1.165) is 43.7 Å². The molecule has 1 aliphatic rings. The number of thiophene rings is 1. The zero-order chi connectivity index (χ0) is 18.2. The fourth-order valence-electron chi connectivity index (χ4n) is 3.01. The van der Waals surface area contributed by atoms with Crippen molar-refractivity contribution in [3.63, 3.8) is 0 Å². The van der Waals surface area contributed by atoms with Crippen LogP contribution in [0.4, 0.5) is 0 Å². The predicted octanol–water partition coefficient (Wildman–Crippen LogP) is 2.70. The fourth-order valence-corrected chi connectivity index (χ4v) is 4.14. The number of amides is 1. The number of nitrogens with one attached hydrogen (secondary N) is 1. The van der Waals surface area contributed by atoms with Crippen molar-refractivity contribution in [3.05, 3.63) is 21.3 Å². The molecule has 25 heavy (non-hydrogen) atoms. The van der Waals surface area contributed by atoms with E-state index < -0.39 is 0 Å². The summed E-state index contributed by atoms with van der Waals surface area (Å²) < 4.78 is 6.57. The van der Waals surface area contributed by atoms with Crippen LogP contribution in [0.3, 0.4) is 0 Å². The summed E-state index contributed by atoms with van der Waals surface area (Å²) in [6.07, 6.45) is 0.0858. The van der Waals surface area contributed by atoms with Crippen LogP contribution in [-0.2, 0) is 16.1 Å². The third-order valence-electron chi connectivity index (χ3n) is 4.20. The lowest BCUT2D eigenvalue weighted by Gasteiger charge is -2.34. The summed E-state index contributed by atoms with van der Waals surface area (Å²) >= 11 is 7.54. The van der Waals surface area contributed by atoms with Crippen molar-refractivity contribution >= 4 is 28.8 Å². The van der Waals surface area contributed by atoms with Gasteiger partial charge in [-0.2, -0.15) is 0 Å². The van der Waals surface area contributed by atoms with Crippen molar-refractivity contribution < 1.29 is 9.53 Å². The van der Waals surface area contributed by atoms with Gasteiger partial charge in [-0.3, -0.25) is 14.6 Å². The van der Waals surface area contributed by atoms with E-state index in [1.54, 1.807) is 11.3 Å². The normalized spacial score (nSPS) is 18.9. The molecule has 1 saturated heterocycles. The summed E-state index contributed by atoms with van der Waals surface area (Å²) in [5, 5.41) is 3.03. The van der Waals surface area contributed by atoms with Gasteiger partial charge in [-0.15, -0.1) is 11.3 Å². The van der Waals surface area contributed by atoms with Crippen LogP contribution < -0.4 is 5.32 Å². The molecule has 1 aromatic rings. The first-order valence-corrected chi connectivity index (χ1v) is 10.2. The number of halogens is 1. The fraction of sp³-hybridized carbons (Fsp3) is 0.722. The molecule has 2 rings (SSSR count). The molecule has 1 aromatic heterocycles. The lowest BCUT2D eigenvalue weighted by molar-refractivity contribution is -0.123. The van der Waals surface area contributed by atoms with Gasteiger partial charge in [-0.1, -0.05) is 32.4 Å². The number of carbonyl (C=O) groups is 1. The molecule has 1 N–H and O–H groups in total. The lowest BCUT2D eigenvalue weighted by atomic mass is 10.2. The molecule has 7 heteroatoms. The molecule has 1 aliphatic heterocycles. The highest BCUT2D eigenvalue weighted by Gasteiger charge is 2.21. The van der Waals surface area contributed by atoms with Gasteiger partial charge in [-0.25, -0.2) is 0 Å². The Kier molecular flexibility index (Phi) is 8.66. The van der Waals surface area contributed by atoms with Crippen molar-refractivity contribution in [2.75, 3.05) is 45.9 Å². The Morgan fingerprint density at radius 1 is 1.52 bits per heavy atom.